The van der Waals surface area contributed by atoms with Gasteiger partial charge in [0.1, 0.15) is 17.4 Å². The molecule has 0 saturated carbocycles. The lowest BCUT2D eigenvalue weighted by Crippen LogP contribution is -2.37. The van der Waals surface area contributed by atoms with E-state index in [-0.39, 0.29) is 11.9 Å². The molecule has 0 aliphatic carbocycles. The zero-order valence-corrected chi connectivity index (χ0v) is 21.1. The van der Waals surface area contributed by atoms with Crippen molar-refractivity contribution in [1.82, 2.24) is 9.88 Å². The monoisotopic (exact) mass is 500 g/mol. The summed E-state index contributed by atoms with van der Waals surface area (Å²) in [4.78, 5) is 19.8. The first-order chi connectivity index (χ1) is 14.8. The Hall–Kier alpha value is -2.18. The molecule has 0 radical (unpaired) electrons. The van der Waals surface area contributed by atoms with Gasteiger partial charge in [-0.05, 0) is 75.1 Å². The van der Waals surface area contributed by atoms with E-state index in [9.17, 15) is 4.79 Å². The number of carbonyl (C=O) groups excluding carboxylic acids is 1. The van der Waals surface area contributed by atoms with Gasteiger partial charge in [0.05, 0.1) is 12.2 Å². The number of hydrogen-bond acceptors (Lipinski definition) is 4. The summed E-state index contributed by atoms with van der Waals surface area (Å²) >= 11 is 5.03. The maximum atomic E-state index is 13.2. The van der Waals surface area contributed by atoms with E-state index in [0.29, 0.717) is 18.7 Å². The number of aryl methyl sites for hydroxylation is 2. The molecule has 0 saturated heterocycles. The van der Waals surface area contributed by atoms with E-state index in [2.05, 4.69) is 62.7 Å². The third kappa shape index (κ3) is 5.95. The van der Waals surface area contributed by atoms with Gasteiger partial charge in [0.25, 0.3) is 5.91 Å². The molecule has 0 unspecified atom stereocenters. The number of rotatable bonds is 8. The predicted molar refractivity (Wildman–Crippen MR) is 131 cm³/mol. The molecule has 2 aromatic carbocycles. The molecule has 0 aliphatic rings. The van der Waals surface area contributed by atoms with Crippen LogP contribution in [0.15, 0.2) is 46.3 Å². The van der Waals surface area contributed by atoms with E-state index in [0.717, 1.165) is 32.9 Å². The first-order valence-corrected chi connectivity index (χ1v) is 12.2. The van der Waals surface area contributed by atoms with E-state index in [1.54, 1.807) is 11.3 Å². The number of halogens is 1. The minimum Gasteiger partial charge on any atom is -0.486 e. The number of thiazole rings is 1. The van der Waals surface area contributed by atoms with E-state index in [4.69, 9.17) is 9.72 Å². The molecule has 1 heterocycles. The van der Waals surface area contributed by atoms with Gasteiger partial charge < -0.3 is 9.64 Å². The number of carbonyl (C=O) groups is 1. The summed E-state index contributed by atoms with van der Waals surface area (Å²) in [5.74, 6) is 0.924. The molecule has 1 aromatic heterocycles. The van der Waals surface area contributed by atoms with Gasteiger partial charge in [-0.2, -0.15) is 0 Å². The normalized spacial score (nSPS) is 11.9. The smallest absolute Gasteiger partial charge is 0.254 e. The molecule has 0 spiro atoms. The molecule has 3 rings (SSSR count). The Morgan fingerprint density at radius 3 is 2.71 bits per heavy atom. The molecule has 0 N–H and O–H groups in total. The average molecular weight is 501 g/mol. The van der Waals surface area contributed by atoms with Crippen LogP contribution in [0.4, 0.5) is 0 Å². The number of amides is 1. The van der Waals surface area contributed by atoms with Crippen LogP contribution in [0.1, 0.15) is 58.0 Å². The van der Waals surface area contributed by atoms with Crippen molar-refractivity contribution in [3.63, 3.8) is 0 Å². The second kappa shape index (κ2) is 10.4. The van der Waals surface area contributed by atoms with Gasteiger partial charge in [-0.1, -0.05) is 35.0 Å². The molecule has 1 amide bonds. The average Bonchev–Trinajstić information content (AvgIpc) is 3.20. The Bertz CT molecular complexity index is 1060. The van der Waals surface area contributed by atoms with Crippen LogP contribution in [-0.4, -0.2) is 21.8 Å². The fourth-order valence-corrected chi connectivity index (χ4v) is 4.48. The lowest BCUT2D eigenvalue weighted by Gasteiger charge is -2.28. The highest BCUT2D eigenvalue weighted by atomic mass is 79.9. The van der Waals surface area contributed by atoms with Crippen LogP contribution >= 0.6 is 27.3 Å². The zero-order chi connectivity index (χ0) is 22.5. The molecule has 0 bridgehead atoms. The van der Waals surface area contributed by atoms with Crippen molar-refractivity contribution in [2.24, 2.45) is 0 Å². The Balaban J connectivity index is 1.72. The van der Waals surface area contributed by atoms with Crippen LogP contribution < -0.4 is 4.74 Å². The molecule has 0 fully saturated rings. The van der Waals surface area contributed by atoms with Crippen molar-refractivity contribution >= 4 is 33.2 Å². The number of hydrogen-bond donors (Lipinski definition) is 0. The SMILES string of the molecule is CC[C@@H](C)N(Cc1csc(COc2cc(C)cc(C)c2C)n1)C(=O)c1cccc(Br)c1. The summed E-state index contributed by atoms with van der Waals surface area (Å²) in [5.41, 5.74) is 5.14. The number of aromatic nitrogens is 1. The van der Waals surface area contributed by atoms with Crippen LogP contribution in [0.2, 0.25) is 0 Å². The minimum atomic E-state index is 0.0207. The number of ether oxygens (including phenoxy) is 1. The van der Waals surface area contributed by atoms with Crippen LogP contribution in [-0.2, 0) is 13.2 Å². The molecule has 1 atom stereocenters. The van der Waals surface area contributed by atoms with Crippen LogP contribution in [0, 0.1) is 20.8 Å². The topological polar surface area (TPSA) is 42.4 Å². The second-order valence-electron chi connectivity index (χ2n) is 7.93. The van der Waals surface area contributed by atoms with Crippen molar-refractivity contribution in [2.75, 3.05) is 0 Å². The molecular formula is C25H29BrN2O2S. The van der Waals surface area contributed by atoms with Gasteiger partial charge in [0.2, 0.25) is 0 Å². The van der Waals surface area contributed by atoms with Gasteiger partial charge in [-0.15, -0.1) is 11.3 Å². The van der Waals surface area contributed by atoms with E-state index < -0.39 is 0 Å². The number of nitrogens with zero attached hydrogens (tertiary/aromatic N) is 2. The standard InChI is InChI=1S/C25H29BrN2O2S/c1-6-18(4)28(25(29)20-8-7-9-21(26)12-20)13-22-15-31-24(27-22)14-30-23-11-16(2)10-17(3)19(23)5/h7-12,15,18H,6,13-14H2,1-5H3/t18-/m1/s1. The first-order valence-electron chi connectivity index (χ1n) is 10.5. The Labute approximate surface area is 197 Å². The molecule has 4 nitrogen and oxygen atoms in total. The maximum absolute atomic E-state index is 13.2. The highest BCUT2D eigenvalue weighted by Crippen LogP contribution is 2.25. The third-order valence-electron chi connectivity index (χ3n) is 5.50. The quantitative estimate of drug-likeness (QED) is 0.339. The second-order valence-corrected chi connectivity index (χ2v) is 9.79. The summed E-state index contributed by atoms with van der Waals surface area (Å²) in [7, 11) is 0. The Morgan fingerprint density at radius 2 is 2.00 bits per heavy atom. The highest BCUT2D eigenvalue weighted by Gasteiger charge is 2.22. The van der Waals surface area contributed by atoms with Crippen LogP contribution in [0.25, 0.3) is 0 Å². The van der Waals surface area contributed by atoms with Crippen LogP contribution in [0.5, 0.6) is 5.75 Å². The van der Waals surface area contributed by atoms with Gasteiger partial charge in [-0.25, -0.2) is 4.98 Å². The van der Waals surface area contributed by atoms with Gasteiger partial charge in [0.15, 0.2) is 0 Å². The summed E-state index contributed by atoms with van der Waals surface area (Å²) < 4.78 is 6.96. The maximum Gasteiger partial charge on any atom is 0.254 e. The summed E-state index contributed by atoms with van der Waals surface area (Å²) in [6, 6.07) is 11.9. The van der Waals surface area contributed by atoms with E-state index >= 15 is 0 Å². The van der Waals surface area contributed by atoms with E-state index in [1.165, 1.54) is 11.1 Å². The summed E-state index contributed by atoms with van der Waals surface area (Å²) in [6.07, 6.45) is 0.881. The molecule has 6 heteroatoms. The van der Waals surface area contributed by atoms with Crippen molar-refractivity contribution < 1.29 is 9.53 Å². The van der Waals surface area contributed by atoms with Gasteiger partial charge in [0, 0.05) is 21.5 Å². The largest absolute Gasteiger partial charge is 0.486 e. The fraction of sp³-hybridized carbons (Fsp3) is 0.360. The molecule has 3 aromatic rings. The predicted octanol–water partition coefficient (Wildman–Crippen LogP) is 6.85. The highest BCUT2D eigenvalue weighted by molar-refractivity contribution is 9.10. The molecule has 31 heavy (non-hydrogen) atoms. The van der Waals surface area contributed by atoms with Crippen LogP contribution in [0.3, 0.4) is 0 Å². The van der Waals surface area contributed by atoms with Crippen molar-refractivity contribution in [2.45, 2.75) is 60.2 Å². The summed E-state index contributed by atoms with van der Waals surface area (Å²) in [6.45, 7) is 11.3. The van der Waals surface area contributed by atoms with Crippen molar-refractivity contribution in [1.29, 1.82) is 0 Å². The van der Waals surface area contributed by atoms with Crippen molar-refractivity contribution in [3.05, 3.63) is 79.2 Å². The minimum absolute atomic E-state index is 0.0207. The van der Waals surface area contributed by atoms with Crippen molar-refractivity contribution in [3.8, 4) is 5.75 Å². The third-order valence-corrected chi connectivity index (χ3v) is 6.87. The lowest BCUT2D eigenvalue weighted by atomic mass is 10.1. The van der Waals surface area contributed by atoms with E-state index in [1.807, 2.05) is 34.5 Å². The fourth-order valence-electron chi connectivity index (χ4n) is 3.39. The summed E-state index contributed by atoms with van der Waals surface area (Å²) in [5, 5.41) is 2.93. The number of benzene rings is 2. The first kappa shape index (κ1) is 23.5. The van der Waals surface area contributed by atoms with Gasteiger partial charge in [-0.3, -0.25) is 4.79 Å². The molecule has 0 aliphatic heterocycles. The lowest BCUT2D eigenvalue weighted by molar-refractivity contribution is 0.0669. The molecular weight excluding hydrogens is 472 g/mol. The van der Waals surface area contributed by atoms with Gasteiger partial charge >= 0.3 is 0 Å². The Morgan fingerprint density at radius 1 is 1.23 bits per heavy atom. The zero-order valence-electron chi connectivity index (χ0n) is 18.7. The Kier molecular flexibility index (Phi) is 7.89. The molecule has 164 valence electrons.